The van der Waals surface area contributed by atoms with Crippen LogP contribution < -0.4 is 11.5 Å². The Morgan fingerprint density at radius 2 is 1.88 bits per heavy atom. The van der Waals surface area contributed by atoms with Gasteiger partial charge in [0.05, 0.1) is 0 Å². The molecule has 0 spiro atoms. The van der Waals surface area contributed by atoms with Gasteiger partial charge >= 0.3 is 17.4 Å². The van der Waals surface area contributed by atoms with Gasteiger partial charge in [0.1, 0.15) is 5.60 Å². The highest BCUT2D eigenvalue weighted by atomic mass is 32.2. The molecule has 6 N–H and O–H groups in total. The van der Waals surface area contributed by atoms with Crippen LogP contribution in [0.4, 0.5) is 0 Å². The summed E-state index contributed by atoms with van der Waals surface area (Å²) < 4.78 is 32.3. The first-order valence-electron chi connectivity index (χ1n) is 8.64. The topological polar surface area (TPSA) is 139 Å². The van der Waals surface area contributed by atoms with Gasteiger partial charge in [-0.1, -0.05) is 6.42 Å². The average molecular weight is 361 g/mol. The minimum atomic E-state index is -3.87. The lowest BCUT2D eigenvalue weighted by molar-refractivity contribution is 0.129. The second-order valence-electron chi connectivity index (χ2n) is 8.10. The normalized spacial score (nSPS) is 34.3. The van der Waals surface area contributed by atoms with Crippen molar-refractivity contribution in [3.05, 3.63) is 0 Å². The van der Waals surface area contributed by atoms with E-state index in [4.69, 9.17) is 25.7 Å². The Labute approximate surface area is 143 Å². The van der Waals surface area contributed by atoms with Gasteiger partial charge in [0.15, 0.2) is 0 Å². The molecule has 2 aliphatic carbocycles. The van der Waals surface area contributed by atoms with Gasteiger partial charge in [-0.2, -0.15) is 12.7 Å². The summed E-state index contributed by atoms with van der Waals surface area (Å²) in [5, 5.41) is 17.9. The molecule has 8 nitrogen and oxygen atoms in total. The Bertz CT molecular complexity index is 589. The number of nitrogens with zero attached hydrogens (tertiary/aromatic N) is 1. The third-order valence-electron chi connectivity index (χ3n) is 5.87. The fourth-order valence-corrected chi connectivity index (χ4v) is 5.43. The highest BCUT2D eigenvalue weighted by Crippen LogP contribution is 2.58. The zero-order valence-electron chi connectivity index (χ0n) is 14.1. The van der Waals surface area contributed by atoms with E-state index >= 15 is 0 Å². The summed E-state index contributed by atoms with van der Waals surface area (Å²) in [6.07, 6.45) is 4.48. The van der Waals surface area contributed by atoms with Crippen molar-refractivity contribution in [2.45, 2.75) is 68.4 Å². The van der Waals surface area contributed by atoms with Gasteiger partial charge in [-0.25, -0.2) is 4.18 Å². The highest BCUT2D eigenvalue weighted by molar-refractivity contribution is 7.84. The van der Waals surface area contributed by atoms with Crippen LogP contribution in [-0.2, 0) is 14.5 Å². The van der Waals surface area contributed by atoms with E-state index in [2.05, 4.69) is 0 Å². The van der Waals surface area contributed by atoms with Crippen LogP contribution in [0.1, 0.15) is 45.4 Å². The smallest absolute Gasteiger partial charge is 0.427 e. The molecule has 10 heteroatoms. The Morgan fingerprint density at radius 1 is 1.25 bits per heavy atom. The Hall–Kier alpha value is -0.225. The first kappa shape index (κ1) is 18.6. The molecule has 3 fully saturated rings. The maximum Gasteiger partial charge on any atom is 0.451 e. The van der Waals surface area contributed by atoms with Crippen LogP contribution in [0.5, 0.6) is 0 Å². The van der Waals surface area contributed by atoms with Crippen molar-refractivity contribution in [2.75, 3.05) is 13.1 Å². The summed E-state index contributed by atoms with van der Waals surface area (Å²) in [5.74, 6) is -0.0439. The fourth-order valence-electron chi connectivity index (χ4n) is 3.79. The maximum atomic E-state index is 12.7. The molecule has 0 bridgehead atoms. The van der Waals surface area contributed by atoms with E-state index < -0.39 is 34.1 Å². The van der Waals surface area contributed by atoms with Crippen molar-refractivity contribution in [3.63, 3.8) is 0 Å². The predicted octanol–water partition coefficient (Wildman–Crippen LogP) is -0.826. The van der Waals surface area contributed by atoms with Gasteiger partial charge in [-0.3, -0.25) is 0 Å². The summed E-state index contributed by atoms with van der Waals surface area (Å²) >= 11 is 0. The summed E-state index contributed by atoms with van der Waals surface area (Å²) in [5.41, 5.74) is 10.6. The molecule has 2 saturated carbocycles. The maximum absolute atomic E-state index is 12.7. The first-order valence-corrected chi connectivity index (χ1v) is 10.0. The average Bonchev–Trinajstić information content (AvgIpc) is 3.34. The van der Waals surface area contributed by atoms with Gasteiger partial charge in [0.25, 0.3) is 0 Å². The molecule has 1 heterocycles. The molecule has 3 rings (SSSR count). The lowest BCUT2D eigenvalue weighted by Crippen LogP contribution is -2.47. The summed E-state index contributed by atoms with van der Waals surface area (Å²) in [4.78, 5) is 0. The second-order valence-corrected chi connectivity index (χ2v) is 9.64. The van der Waals surface area contributed by atoms with Crippen LogP contribution in [0.15, 0.2) is 0 Å². The summed E-state index contributed by atoms with van der Waals surface area (Å²) in [6.45, 7) is 2.33. The summed E-state index contributed by atoms with van der Waals surface area (Å²) in [7, 11) is -5.21. The van der Waals surface area contributed by atoms with Crippen LogP contribution in [0, 0.1) is 5.92 Å². The van der Waals surface area contributed by atoms with E-state index in [1.165, 1.54) is 4.31 Å². The first-order chi connectivity index (χ1) is 11.0. The van der Waals surface area contributed by atoms with E-state index in [9.17, 15) is 8.42 Å². The van der Waals surface area contributed by atoms with Crippen LogP contribution in [0.3, 0.4) is 0 Å². The monoisotopic (exact) mass is 361 g/mol. The van der Waals surface area contributed by atoms with Crippen LogP contribution >= 0.6 is 0 Å². The minimum absolute atomic E-state index is 0.0439. The number of hydrogen-bond acceptors (Lipinski definition) is 7. The van der Waals surface area contributed by atoms with E-state index in [-0.39, 0.29) is 18.8 Å². The van der Waals surface area contributed by atoms with Crippen molar-refractivity contribution < 1.29 is 22.6 Å². The number of hydrogen-bond donors (Lipinski definition) is 4. The predicted molar refractivity (Wildman–Crippen MR) is 90.0 cm³/mol. The number of rotatable bonds is 8. The molecule has 1 saturated heterocycles. The van der Waals surface area contributed by atoms with Crippen LogP contribution in [0.2, 0.25) is 6.32 Å². The second kappa shape index (κ2) is 5.90. The molecular weight excluding hydrogens is 333 g/mol. The third-order valence-corrected chi connectivity index (χ3v) is 7.31. The molecule has 2 atom stereocenters. The Balaban J connectivity index is 1.62. The molecule has 3 aliphatic rings. The summed E-state index contributed by atoms with van der Waals surface area (Å²) in [6, 6.07) is 0. The molecule has 1 aliphatic heterocycles. The van der Waals surface area contributed by atoms with E-state index in [1.54, 1.807) is 0 Å². The van der Waals surface area contributed by atoms with Crippen molar-refractivity contribution in [3.8, 4) is 0 Å². The van der Waals surface area contributed by atoms with Gasteiger partial charge in [0, 0.05) is 24.2 Å². The molecule has 0 aromatic carbocycles. The molecule has 138 valence electrons. The lowest BCUT2D eigenvalue weighted by atomic mass is 9.79. The highest BCUT2D eigenvalue weighted by Gasteiger charge is 2.67. The fraction of sp³-hybridized carbons (Fsp3) is 1.00. The van der Waals surface area contributed by atoms with Crippen molar-refractivity contribution >= 4 is 17.4 Å². The van der Waals surface area contributed by atoms with E-state index in [0.29, 0.717) is 32.2 Å². The molecule has 24 heavy (non-hydrogen) atoms. The van der Waals surface area contributed by atoms with Gasteiger partial charge in [0.2, 0.25) is 0 Å². The largest absolute Gasteiger partial charge is 0.451 e. The molecular formula is C14H28BN3O5S. The molecule has 0 amide bonds. The van der Waals surface area contributed by atoms with Gasteiger partial charge < -0.3 is 21.5 Å². The molecule has 0 aromatic rings. The van der Waals surface area contributed by atoms with Crippen LogP contribution in [-0.4, -0.2) is 59.7 Å². The van der Waals surface area contributed by atoms with Crippen molar-refractivity contribution in [1.29, 1.82) is 0 Å². The SMILES string of the molecule is C[C@]1(N)CN(S(=O)(=O)OC2(C3(N)CC3)CC2)C[C@@H]1CCCB(O)O. The van der Waals surface area contributed by atoms with Gasteiger partial charge in [-0.15, -0.1) is 0 Å². The van der Waals surface area contributed by atoms with E-state index in [0.717, 1.165) is 12.8 Å². The van der Waals surface area contributed by atoms with Gasteiger partial charge in [-0.05, 0) is 51.3 Å². The zero-order valence-corrected chi connectivity index (χ0v) is 15.0. The van der Waals surface area contributed by atoms with Crippen molar-refractivity contribution in [2.24, 2.45) is 17.4 Å². The quantitative estimate of drug-likeness (QED) is 0.414. The third kappa shape index (κ3) is 3.51. The van der Waals surface area contributed by atoms with Crippen LogP contribution in [0.25, 0.3) is 0 Å². The minimum Gasteiger partial charge on any atom is -0.427 e. The Morgan fingerprint density at radius 3 is 2.38 bits per heavy atom. The molecule has 0 radical (unpaired) electrons. The molecule has 0 aromatic heterocycles. The van der Waals surface area contributed by atoms with E-state index in [1.807, 2.05) is 6.92 Å². The molecule has 0 unspecified atom stereocenters. The number of nitrogens with two attached hydrogens (primary N) is 2. The Kier molecular flexibility index (Phi) is 4.56. The lowest BCUT2D eigenvalue weighted by Gasteiger charge is -2.26. The standard InChI is InChI=1S/C14H28BN3O5S/c1-12(16)10-18(9-11(12)3-2-8-15(19)20)24(21,22)23-14(6-7-14)13(17)4-5-13/h11,19-20H,2-10,16-17H2,1H3/t11-,12-/m0/s1. The van der Waals surface area contributed by atoms with Crippen molar-refractivity contribution in [1.82, 2.24) is 4.31 Å². The zero-order chi connectivity index (χ0) is 17.8.